The third-order valence-electron chi connectivity index (χ3n) is 4.98. The molecule has 8 heteroatoms. The minimum atomic E-state index is -1.25. The van der Waals surface area contributed by atoms with Crippen LogP contribution in [-0.4, -0.2) is 53.5 Å². The molecule has 0 heterocycles. The molecule has 2 aromatic rings. The zero-order valence-electron chi connectivity index (χ0n) is 17.0. The SMILES string of the molecule is CC(C)C(CCN(C)C)(CN=C(N)N)c1cccc2ccccc12.O=[N+](O)O. The Morgan fingerprint density at radius 2 is 1.71 bits per heavy atom. The summed E-state index contributed by atoms with van der Waals surface area (Å²) in [4.78, 5) is 15.1. The molecule has 2 aromatic carbocycles. The molecule has 28 heavy (non-hydrogen) atoms. The molecule has 154 valence electrons. The maximum Gasteiger partial charge on any atom is 0.472 e. The van der Waals surface area contributed by atoms with Crippen LogP contribution in [0.15, 0.2) is 47.5 Å². The third-order valence-corrected chi connectivity index (χ3v) is 4.98. The smallest absolute Gasteiger partial charge is 0.370 e. The summed E-state index contributed by atoms with van der Waals surface area (Å²) in [7, 11) is 4.21. The Labute approximate surface area is 166 Å². The average molecular weight is 391 g/mol. The molecule has 1 unspecified atom stereocenters. The van der Waals surface area contributed by atoms with E-state index in [1.807, 2.05) is 0 Å². The molecule has 0 amide bonds. The van der Waals surface area contributed by atoms with Gasteiger partial charge < -0.3 is 16.4 Å². The maximum atomic E-state index is 8.47. The largest absolute Gasteiger partial charge is 0.472 e. The molecular formula is C20H32N5O3+. The Kier molecular flexibility index (Phi) is 8.66. The fraction of sp³-hybridized carbons (Fsp3) is 0.450. The van der Waals surface area contributed by atoms with Crippen molar-refractivity contribution in [3.05, 3.63) is 52.9 Å². The summed E-state index contributed by atoms with van der Waals surface area (Å²) in [6.45, 7) is 6.12. The molecule has 0 saturated heterocycles. The number of benzene rings is 2. The summed E-state index contributed by atoms with van der Waals surface area (Å²) >= 11 is 0. The van der Waals surface area contributed by atoms with Crippen LogP contribution in [0.25, 0.3) is 10.8 Å². The quantitative estimate of drug-likeness (QED) is 0.327. The molecule has 2 rings (SSSR count). The second kappa shape index (κ2) is 10.5. The standard InChI is InChI=1S/C20H30N4.H2NO3/c1-15(2)20(12-13-24(3)4,14-23-19(21)22)18-11-7-9-16-8-5-6-10-17(16)18;2-1(3)4/h5-11,15H,12-14H2,1-4H3,(H4,21,22,23);(H2,2,3,4)/q;+1. The summed E-state index contributed by atoms with van der Waals surface area (Å²) in [6, 6.07) is 15.1. The van der Waals surface area contributed by atoms with E-state index in [1.165, 1.54) is 16.3 Å². The van der Waals surface area contributed by atoms with Gasteiger partial charge in [0.05, 0.1) is 6.54 Å². The van der Waals surface area contributed by atoms with E-state index in [4.69, 9.17) is 26.8 Å². The Morgan fingerprint density at radius 3 is 2.25 bits per heavy atom. The Balaban J connectivity index is 0.000000892. The van der Waals surface area contributed by atoms with Gasteiger partial charge in [0.25, 0.3) is 0 Å². The normalized spacial score (nSPS) is 12.9. The van der Waals surface area contributed by atoms with Crippen LogP contribution in [0.2, 0.25) is 0 Å². The van der Waals surface area contributed by atoms with E-state index in [-0.39, 0.29) is 11.4 Å². The van der Waals surface area contributed by atoms with Crippen LogP contribution in [0.3, 0.4) is 0 Å². The molecule has 0 aliphatic rings. The van der Waals surface area contributed by atoms with Gasteiger partial charge in [0, 0.05) is 5.41 Å². The number of hydrogen-bond donors (Lipinski definition) is 4. The van der Waals surface area contributed by atoms with Crippen LogP contribution < -0.4 is 11.5 Å². The molecule has 0 radical (unpaired) electrons. The van der Waals surface area contributed by atoms with Crippen molar-refractivity contribution in [2.75, 3.05) is 27.2 Å². The maximum absolute atomic E-state index is 8.47. The summed E-state index contributed by atoms with van der Waals surface area (Å²) in [5.74, 6) is 0.566. The van der Waals surface area contributed by atoms with Crippen molar-refractivity contribution < 1.29 is 15.5 Å². The highest BCUT2D eigenvalue weighted by Gasteiger charge is 2.36. The van der Waals surface area contributed by atoms with Gasteiger partial charge in [-0.3, -0.25) is 4.99 Å². The van der Waals surface area contributed by atoms with Gasteiger partial charge in [-0.15, -0.1) is 0 Å². The Hall–Kier alpha value is -2.87. The van der Waals surface area contributed by atoms with Crippen molar-refractivity contribution in [1.82, 2.24) is 4.90 Å². The van der Waals surface area contributed by atoms with Crippen molar-refractivity contribution in [3.63, 3.8) is 0 Å². The van der Waals surface area contributed by atoms with Crippen LogP contribution in [-0.2, 0) is 5.41 Å². The van der Waals surface area contributed by atoms with Gasteiger partial charge in [-0.2, -0.15) is 0 Å². The minimum absolute atomic E-state index is 0.102. The lowest BCUT2D eigenvalue weighted by atomic mass is 9.68. The second-order valence-corrected chi connectivity index (χ2v) is 7.38. The highest BCUT2D eigenvalue weighted by molar-refractivity contribution is 5.87. The Morgan fingerprint density at radius 1 is 1.14 bits per heavy atom. The minimum Gasteiger partial charge on any atom is -0.370 e. The van der Waals surface area contributed by atoms with E-state index >= 15 is 0 Å². The summed E-state index contributed by atoms with van der Waals surface area (Å²) in [6.07, 6.45) is 1.00. The molecule has 0 aromatic heterocycles. The van der Waals surface area contributed by atoms with E-state index in [2.05, 4.69) is 80.3 Å². The lowest BCUT2D eigenvalue weighted by Crippen LogP contribution is -2.40. The number of guanidine groups is 1. The summed E-state index contributed by atoms with van der Waals surface area (Å²) in [5, 5.41) is 15.1. The Bertz CT molecular complexity index is 794. The van der Waals surface area contributed by atoms with Crippen molar-refractivity contribution in [1.29, 1.82) is 0 Å². The monoisotopic (exact) mass is 390 g/mol. The number of aliphatic imine (C=N–C) groups is 1. The van der Waals surface area contributed by atoms with Gasteiger partial charge in [-0.1, -0.05) is 56.3 Å². The number of hydrogen-bond acceptors (Lipinski definition) is 3. The molecular weight excluding hydrogens is 358 g/mol. The van der Waals surface area contributed by atoms with Crippen LogP contribution in [0.1, 0.15) is 25.8 Å². The number of fused-ring (bicyclic) bond motifs is 1. The predicted molar refractivity (Wildman–Crippen MR) is 112 cm³/mol. The van der Waals surface area contributed by atoms with E-state index in [1.54, 1.807) is 0 Å². The van der Waals surface area contributed by atoms with Gasteiger partial charge in [0.15, 0.2) is 5.96 Å². The van der Waals surface area contributed by atoms with Crippen LogP contribution in [0, 0.1) is 10.8 Å². The molecule has 0 aliphatic heterocycles. The molecule has 0 saturated carbocycles. The van der Waals surface area contributed by atoms with Gasteiger partial charge in [-0.05, 0) is 49.3 Å². The highest BCUT2D eigenvalue weighted by Crippen LogP contribution is 2.40. The van der Waals surface area contributed by atoms with Crippen molar-refractivity contribution in [2.24, 2.45) is 22.4 Å². The van der Waals surface area contributed by atoms with Gasteiger partial charge in [0.2, 0.25) is 0 Å². The zero-order valence-corrected chi connectivity index (χ0v) is 17.0. The van der Waals surface area contributed by atoms with Crippen LogP contribution >= 0.6 is 0 Å². The zero-order chi connectivity index (χ0) is 21.3. The first-order chi connectivity index (χ1) is 13.1. The lowest BCUT2D eigenvalue weighted by molar-refractivity contribution is -0.969. The number of rotatable bonds is 7. The fourth-order valence-corrected chi connectivity index (χ4v) is 3.40. The highest BCUT2D eigenvalue weighted by atomic mass is 16.9. The van der Waals surface area contributed by atoms with Gasteiger partial charge >= 0.3 is 5.09 Å². The first-order valence-electron chi connectivity index (χ1n) is 9.13. The number of nitrogens with two attached hydrogens (primary N) is 2. The fourth-order valence-electron chi connectivity index (χ4n) is 3.40. The van der Waals surface area contributed by atoms with Crippen LogP contribution in [0.4, 0.5) is 0 Å². The molecule has 8 nitrogen and oxygen atoms in total. The van der Waals surface area contributed by atoms with Crippen LogP contribution in [0.5, 0.6) is 0 Å². The lowest BCUT2D eigenvalue weighted by Gasteiger charge is -2.39. The molecule has 0 bridgehead atoms. The first kappa shape index (κ1) is 23.2. The molecule has 6 N–H and O–H groups in total. The number of nitrogens with zero attached hydrogens (tertiary/aromatic N) is 3. The van der Waals surface area contributed by atoms with Crippen molar-refractivity contribution >= 4 is 16.7 Å². The predicted octanol–water partition coefficient (Wildman–Crippen LogP) is 2.50. The van der Waals surface area contributed by atoms with E-state index in [0.717, 1.165) is 13.0 Å². The van der Waals surface area contributed by atoms with Crippen molar-refractivity contribution in [3.8, 4) is 0 Å². The van der Waals surface area contributed by atoms with Crippen molar-refractivity contribution in [2.45, 2.75) is 25.7 Å². The average Bonchev–Trinajstić information content (AvgIpc) is 2.61. The van der Waals surface area contributed by atoms with E-state index < -0.39 is 5.09 Å². The van der Waals surface area contributed by atoms with Gasteiger partial charge in [0.1, 0.15) is 4.91 Å². The molecule has 0 aliphatic carbocycles. The third kappa shape index (κ3) is 6.38. The molecule has 1 atom stereocenters. The van der Waals surface area contributed by atoms with Gasteiger partial charge in [-0.25, -0.2) is 10.4 Å². The summed E-state index contributed by atoms with van der Waals surface area (Å²) in [5.41, 5.74) is 12.6. The summed E-state index contributed by atoms with van der Waals surface area (Å²) < 4.78 is 0. The van der Waals surface area contributed by atoms with E-state index in [9.17, 15) is 0 Å². The first-order valence-corrected chi connectivity index (χ1v) is 9.13. The topological polar surface area (TPSA) is 128 Å². The molecule has 0 fully saturated rings. The molecule has 0 spiro atoms. The van der Waals surface area contributed by atoms with E-state index in [0.29, 0.717) is 12.5 Å². The second-order valence-electron chi connectivity index (χ2n) is 7.38.